The number of aromatic nitrogens is 2. The van der Waals surface area contributed by atoms with E-state index in [0.29, 0.717) is 6.04 Å². The van der Waals surface area contributed by atoms with Crippen molar-refractivity contribution in [3.05, 3.63) is 18.0 Å². The fourth-order valence-electron chi connectivity index (χ4n) is 2.35. The van der Waals surface area contributed by atoms with Gasteiger partial charge in [-0.2, -0.15) is 5.10 Å². The first-order chi connectivity index (χ1) is 8.22. The van der Waals surface area contributed by atoms with Crippen LogP contribution in [-0.2, 0) is 13.5 Å². The third-order valence-electron chi connectivity index (χ3n) is 3.45. The Kier molecular flexibility index (Phi) is 6.22. The van der Waals surface area contributed by atoms with Crippen molar-refractivity contribution < 1.29 is 0 Å². The Balaban J connectivity index is 2.52. The lowest BCUT2D eigenvalue weighted by Crippen LogP contribution is -2.39. The summed E-state index contributed by atoms with van der Waals surface area (Å²) in [7, 11) is 2.00. The lowest BCUT2D eigenvalue weighted by molar-refractivity contribution is 0.192. The molecule has 0 atom stereocenters. The normalized spacial score (nSPS) is 11.6. The smallest absolute Gasteiger partial charge is 0.0492 e. The summed E-state index contributed by atoms with van der Waals surface area (Å²) in [5.41, 5.74) is 6.99. The van der Waals surface area contributed by atoms with Gasteiger partial charge < -0.3 is 5.73 Å². The summed E-state index contributed by atoms with van der Waals surface area (Å²) in [5.74, 6) is 0. The molecular formula is C13H26N4. The Bertz CT molecular complexity index is 304. The van der Waals surface area contributed by atoms with E-state index < -0.39 is 0 Å². The predicted molar refractivity (Wildman–Crippen MR) is 71.9 cm³/mol. The van der Waals surface area contributed by atoms with Crippen LogP contribution in [0.4, 0.5) is 0 Å². The number of nitrogens with two attached hydrogens (primary N) is 1. The SMILES string of the molecule is CCC(CC)N(CCN)CCc1ccnn1C. The van der Waals surface area contributed by atoms with Crippen LogP contribution in [0.5, 0.6) is 0 Å². The van der Waals surface area contributed by atoms with Crippen molar-refractivity contribution in [2.45, 2.75) is 39.2 Å². The quantitative estimate of drug-likeness (QED) is 0.745. The van der Waals surface area contributed by atoms with Crippen molar-refractivity contribution in [1.82, 2.24) is 14.7 Å². The van der Waals surface area contributed by atoms with Crippen molar-refractivity contribution in [1.29, 1.82) is 0 Å². The average Bonchev–Trinajstić information content (AvgIpc) is 2.73. The van der Waals surface area contributed by atoms with Gasteiger partial charge in [0.25, 0.3) is 0 Å². The van der Waals surface area contributed by atoms with Crippen molar-refractivity contribution in [2.75, 3.05) is 19.6 Å². The number of aryl methyl sites for hydroxylation is 1. The molecule has 1 rings (SSSR count). The highest BCUT2D eigenvalue weighted by Gasteiger charge is 2.14. The van der Waals surface area contributed by atoms with Crippen LogP contribution >= 0.6 is 0 Å². The fourth-order valence-corrected chi connectivity index (χ4v) is 2.35. The highest BCUT2D eigenvalue weighted by atomic mass is 15.3. The summed E-state index contributed by atoms with van der Waals surface area (Å²) in [6.45, 7) is 7.30. The van der Waals surface area contributed by atoms with E-state index in [1.54, 1.807) is 0 Å². The van der Waals surface area contributed by atoms with Crippen LogP contribution in [0.2, 0.25) is 0 Å². The molecule has 0 aliphatic carbocycles. The van der Waals surface area contributed by atoms with E-state index in [-0.39, 0.29) is 0 Å². The summed E-state index contributed by atoms with van der Waals surface area (Å²) >= 11 is 0. The molecule has 0 saturated heterocycles. The molecule has 0 aliphatic rings. The second kappa shape index (κ2) is 7.45. The number of nitrogens with zero attached hydrogens (tertiary/aromatic N) is 3. The zero-order valence-electron chi connectivity index (χ0n) is 11.4. The van der Waals surface area contributed by atoms with Crippen LogP contribution in [-0.4, -0.2) is 40.4 Å². The van der Waals surface area contributed by atoms with Gasteiger partial charge in [-0.1, -0.05) is 13.8 Å². The lowest BCUT2D eigenvalue weighted by Gasteiger charge is -2.30. The summed E-state index contributed by atoms with van der Waals surface area (Å²) in [6.07, 6.45) is 5.30. The van der Waals surface area contributed by atoms with E-state index in [4.69, 9.17) is 5.73 Å². The Morgan fingerprint density at radius 2 is 2.06 bits per heavy atom. The van der Waals surface area contributed by atoms with Gasteiger partial charge in [-0.15, -0.1) is 0 Å². The van der Waals surface area contributed by atoms with Gasteiger partial charge in [0.2, 0.25) is 0 Å². The van der Waals surface area contributed by atoms with Gasteiger partial charge in [-0.05, 0) is 18.9 Å². The monoisotopic (exact) mass is 238 g/mol. The molecule has 1 heterocycles. The maximum atomic E-state index is 5.70. The molecule has 4 nitrogen and oxygen atoms in total. The van der Waals surface area contributed by atoms with Crippen LogP contribution in [0, 0.1) is 0 Å². The topological polar surface area (TPSA) is 47.1 Å². The largest absolute Gasteiger partial charge is 0.329 e. The second-order valence-corrected chi connectivity index (χ2v) is 4.49. The molecule has 98 valence electrons. The van der Waals surface area contributed by atoms with E-state index in [1.807, 2.05) is 17.9 Å². The Morgan fingerprint density at radius 1 is 1.35 bits per heavy atom. The lowest BCUT2D eigenvalue weighted by atomic mass is 10.1. The second-order valence-electron chi connectivity index (χ2n) is 4.49. The summed E-state index contributed by atoms with van der Waals surface area (Å²) in [5, 5.41) is 4.20. The van der Waals surface area contributed by atoms with E-state index >= 15 is 0 Å². The fraction of sp³-hybridized carbons (Fsp3) is 0.769. The maximum absolute atomic E-state index is 5.70. The zero-order chi connectivity index (χ0) is 12.7. The first kappa shape index (κ1) is 14.2. The molecule has 0 amide bonds. The van der Waals surface area contributed by atoms with Gasteiger partial charge in [0.15, 0.2) is 0 Å². The molecule has 0 aliphatic heterocycles. The molecule has 0 aromatic carbocycles. The Hall–Kier alpha value is -0.870. The van der Waals surface area contributed by atoms with Crippen LogP contribution in [0.25, 0.3) is 0 Å². The van der Waals surface area contributed by atoms with Crippen molar-refractivity contribution in [3.63, 3.8) is 0 Å². The van der Waals surface area contributed by atoms with Gasteiger partial charge in [0.1, 0.15) is 0 Å². The molecule has 0 bridgehead atoms. The minimum atomic E-state index is 0.659. The predicted octanol–water partition coefficient (Wildman–Crippen LogP) is 1.41. The third kappa shape index (κ3) is 4.13. The molecule has 1 aromatic heterocycles. The molecule has 2 N–H and O–H groups in total. The Morgan fingerprint density at radius 3 is 2.53 bits per heavy atom. The van der Waals surface area contributed by atoms with E-state index in [1.165, 1.54) is 18.5 Å². The summed E-state index contributed by atoms with van der Waals surface area (Å²) in [4.78, 5) is 2.51. The summed E-state index contributed by atoms with van der Waals surface area (Å²) in [6, 6.07) is 2.75. The van der Waals surface area contributed by atoms with Crippen molar-refractivity contribution >= 4 is 0 Å². The molecule has 0 radical (unpaired) electrons. The average molecular weight is 238 g/mol. The van der Waals surface area contributed by atoms with Crippen LogP contribution in [0.15, 0.2) is 12.3 Å². The van der Waals surface area contributed by atoms with Gasteiger partial charge in [0.05, 0.1) is 0 Å². The molecular weight excluding hydrogens is 212 g/mol. The number of rotatable bonds is 8. The first-order valence-corrected chi connectivity index (χ1v) is 6.63. The number of hydrogen-bond donors (Lipinski definition) is 1. The minimum Gasteiger partial charge on any atom is -0.329 e. The van der Waals surface area contributed by atoms with Gasteiger partial charge in [0, 0.05) is 51.0 Å². The standard InChI is InChI=1S/C13H26N4/c1-4-12(5-2)17(11-8-14)10-7-13-6-9-15-16(13)3/h6,9,12H,4-5,7-8,10-11,14H2,1-3H3. The maximum Gasteiger partial charge on any atom is 0.0492 e. The number of hydrogen-bond acceptors (Lipinski definition) is 3. The van der Waals surface area contributed by atoms with E-state index in [0.717, 1.165) is 26.1 Å². The van der Waals surface area contributed by atoms with Crippen molar-refractivity contribution in [3.8, 4) is 0 Å². The highest BCUT2D eigenvalue weighted by molar-refractivity contribution is 5.00. The Labute approximate surface area is 105 Å². The molecule has 0 fully saturated rings. The van der Waals surface area contributed by atoms with Crippen LogP contribution < -0.4 is 5.73 Å². The molecule has 0 saturated carbocycles. The molecule has 17 heavy (non-hydrogen) atoms. The third-order valence-corrected chi connectivity index (χ3v) is 3.45. The van der Waals surface area contributed by atoms with Gasteiger partial charge in [-0.25, -0.2) is 0 Å². The van der Waals surface area contributed by atoms with E-state index in [9.17, 15) is 0 Å². The highest BCUT2D eigenvalue weighted by Crippen LogP contribution is 2.09. The van der Waals surface area contributed by atoms with Gasteiger partial charge in [-0.3, -0.25) is 9.58 Å². The summed E-state index contributed by atoms with van der Waals surface area (Å²) < 4.78 is 1.95. The zero-order valence-corrected chi connectivity index (χ0v) is 11.4. The molecule has 0 spiro atoms. The van der Waals surface area contributed by atoms with Crippen molar-refractivity contribution in [2.24, 2.45) is 12.8 Å². The molecule has 0 unspecified atom stereocenters. The van der Waals surface area contributed by atoms with Gasteiger partial charge >= 0.3 is 0 Å². The van der Waals surface area contributed by atoms with E-state index in [2.05, 4.69) is 29.9 Å². The molecule has 1 aromatic rings. The van der Waals surface area contributed by atoms with Crippen LogP contribution in [0.1, 0.15) is 32.4 Å². The minimum absolute atomic E-state index is 0.659. The van der Waals surface area contributed by atoms with Crippen LogP contribution in [0.3, 0.4) is 0 Å². The first-order valence-electron chi connectivity index (χ1n) is 6.63. The molecule has 4 heteroatoms.